The van der Waals surface area contributed by atoms with E-state index in [1.807, 2.05) is 13.0 Å². The number of hydrogen-bond donors (Lipinski definition) is 0. The lowest BCUT2D eigenvalue weighted by Gasteiger charge is -2.33. The lowest BCUT2D eigenvalue weighted by atomic mass is 9.98. The molecule has 5 nitrogen and oxygen atoms in total. The zero-order valence-electron chi connectivity index (χ0n) is 14.2. The Bertz CT molecular complexity index is 931. The Morgan fingerprint density at radius 2 is 2.00 bits per heavy atom. The van der Waals surface area contributed by atoms with Crippen LogP contribution in [0, 0.1) is 18.7 Å². The Labute approximate surface area is 150 Å². The van der Waals surface area contributed by atoms with Crippen LogP contribution in [0.1, 0.15) is 25.3 Å². The molecule has 1 aliphatic rings. The Balaban J connectivity index is 1.96. The van der Waals surface area contributed by atoms with Crippen molar-refractivity contribution in [1.82, 2.24) is 19.6 Å². The molecule has 2 aromatic heterocycles. The second-order valence-corrected chi connectivity index (χ2v) is 7.08. The maximum atomic E-state index is 14.7. The first-order valence-corrected chi connectivity index (χ1v) is 8.83. The predicted molar refractivity (Wildman–Crippen MR) is 96.5 cm³/mol. The van der Waals surface area contributed by atoms with Crippen molar-refractivity contribution in [2.45, 2.75) is 26.7 Å². The van der Waals surface area contributed by atoms with Crippen molar-refractivity contribution in [2.75, 3.05) is 18.0 Å². The number of hydrogen-bond acceptors (Lipinski definition) is 4. The summed E-state index contributed by atoms with van der Waals surface area (Å²) in [7, 11) is 0. The van der Waals surface area contributed by atoms with E-state index in [1.54, 1.807) is 10.6 Å². The van der Waals surface area contributed by atoms with E-state index in [0.29, 0.717) is 22.8 Å². The molecule has 0 unspecified atom stereocenters. The van der Waals surface area contributed by atoms with Crippen molar-refractivity contribution < 1.29 is 4.39 Å². The van der Waals surface area contributed by atoms with Crippen LogP contribution < -0.4 is 4.90 Å². The second-order valence-electron chi connectivity index (χ2n) is 6.73. The summed E-state index contributed by atoms with van der Waals surface area (Å²) in [4.78, 5) is 10.7. The Morgan fingerprint density at radius 3 is 2.72 bits per heavy atom. The van der Waals surface area contributed by atoms with Gasteiger partial charge in [0.2, 0.25) is 0 Å². The lowest BCUT2D eigenvalue weighted by Crippen LogP contribution is -2.35. The molecule has 25 heavy (non-hydrogen) atoms. The molecule has 0 atom stereocenters. The zero-order valence-corrected chi connectivity index (χ0v) is 15.0. The van der Waals surface area contributed by atoms with Crippen LogP contribution >= 0.6 is 11.6 Å². The van der Waals surface area contributed by atoms with E-state index in [2.05, 4.69) is 26.9 Å². The number of halogens is 2. The van der Waals surface area contributed by atoms with Crippen LogP contribution in [-0.4, -0.2) is 32.7 Å². The maximum absolute atomic E-state index is 14.7. The summed E-state index contributed by atoms with van der Waals surface area (Å²) in [5.74, 6) is 1.56. The fourth-order valence-corrected chi connectivity index (χ4v) is 3.63. The fraction of sp³-hybridized carbons (Fsp3) is 0.389. The number of benzene rings is 1. The van der Waals surface area contributed by atoms with Gasteiger partial charge in [0.05, 0.1) is 5.56 Å². The third-order valence-electron chi connectivity index (χ3n) is 4.84. The number of piperidine rings is 1. The largest absolute Gasteiger partial charge is 0.356 e. The highest BCUT2D eigenvalue weighted by Gasteiger charge is 2.26. The summed E-state index contributed by atoms with van der Waals surface area (Å²) in [6, 6.07) is 5.15. The molecule has 3 aromatic rings. The van der Waals surface area contributed by atoms with Crippen LogP contribution in [0.2, 0.25) is 5.15 Å². The van der Waals surface area contributed by atoms with E-state index in [0.717, 1.165) is 37.3 Å². The zero-order chi connectivity index (χ0) is 17.6. The molecule has 4 rings (SSSR count). The highest BCUT2D eigenvalue weighted by Crippen LogP contribution is 2.39. The lowest BCUT2D eigenvalue weighted by molar-refractivity contribution is 0.435. The van der Waals surface area contributed by atoms with Gasteiger partial charge in [0.25, 0.3) is 5.78 Å². The van der Waals surface area contributed by atoms with Gasteiger partial charge < -0.3 is 4.90 Å². The monoisotopic (exact) mass is 359 g/mol. The summed E-state index contributed by atoms with van der Waals surface area (Å²) in [6.07, 6.45) is 3.60. The molecule has 0 saturated carbocycles. The van der Waals surface area contributed by atoms with Crippen molar-refractivity contribution in [3.05, 3.63) is 41.1 Å². The molecule has 7 heteroatoms. The summed E-state index contributed by atoms with van der Waals surface area (Å²) < 4.78 is 16.4. The summed E-state index contributed by atoms with van der Waals surface area (Å²) in [5.41, 5.74) is 1.88. The van der Waals surface area contributed by atoms with E-state index in [1.165, 1.54) is 12.4 Å². The molecule has 1 saturated heterocycles. The van der Waals surface area contributed by atoms with Crippen LogP contribution in [0.15, 0.2) is 24.5 Å². The highest BCUT2D eigenvalue weighted by atomic mass is 35.5. The van der Waals surface area contributed by atoms with Crippen LogP contribution in [0.4, 0.5) is 10.2 Å². The average Bonchev–Trinajstić information content (AvgIpc) is 3.03. The van der Waals surface area contributed by atoms with Gasteiger partial charge in [0.1, 0.15) is 23.1 Å². The van der Waals surface area contributed by atoms with Crippen molar-refractivity contribution in [1.29, 1.82) is 0 Å². The van der Waals surface area contributed by atoms with Gasteiger partial charge in [-0.2, -0.15) is 19.6 Å². The molecule has 0 amide bonds. The molecule has 0 spiro atoms. The molecular formula is C18H19ClFN5. The van der Waals surface area contributed by atoms with Crippen LogP contribution in [0.3, 0.4) is 0 Å². The topological polar surface area (TPSA) is 46.3 Å². The number of fused-ring (bicyclic) bond motifs is 1. The van der Waals surface area contributed by atoms with Gasteiger partial charge >= 0.3 is 0 Å². The summed E-state index contributed by atoms with van der Waals surface area (Å²) >= 11 is 6.47. The van der Waals surface area contributed by atoms with Gasteiger partial charge in [-0.15, -0.1) is 0 Å². The fourth-order valence-electron chi connectivity index (χ4n) is 3.37. The van der Waals surface area contributed by atoms with Gasteiger partial charge in [0.15, 0.2) is 0 Å². The minimum atomic E-state index is -0.310. The first-order valence-electron chi connectivity index (χ1n) is 8.45. The van der Waals surface area contributed by atoms with Crippen molar-refractivity contribution in [3.8, 4) is 11.1 Å². The third-order valence-corrected chi connectivity index (χ3v) is 5.11. The molecule has 1 fully saturated rings. The Morgan fingerprint density at radius 1 is 1.24 bits per heavy atom. The standard InChI is InChI=1S/C18H19ClFN5/c1-11-5-7-24(8-6-11)17-15(13-4-3-12(2)9-14(13)20)16(19)23-18-21-10-22-25(17)18/h3-4,9-11H,5-8H2,1-2H3. The second kappa shape index (κ2) is 6.26. The molecule has 1 aromatic carbocycles. The van der Waals surface area contributed by atoms with Crippen molar-refractivity contribution >= 4 is 23.2 Å². The van der Waals surface area contributed by atoms with E-state index in [-0.39, 0.29) is 11.0 Å². The molecule has 130 valence electrons. The molecule has 1 aliphatic heterocycles. The quantitative estimate of drug-likeness (QED) is 0.645. The van der Waals surface area contributed by atoms with Crippen LogP contribution in [0.25, 0.3) is 16.9 Å². The van der Waals surface area contributed by atoms with Gasteiger partial charge in [-0.3, -0.25) is 0 Å². The first kappa shape index (κ1) is 16.3. The van der Waals surface area contributed by atoms with Gasteiger partial charge in [-0.05, 0) is 37.3 Å². The number of rotatable bonds is 2. The molecule has 0 N–H and O–H groups in total. The molecule has 0 bridgehead atoms. The molecule has 0 aliphatic carbocycles. The summed E-state index contributed by atoms with van der Waals surface area (Å²) in [6.45, 7) is 5.86. The van der Waals surface area contributed by atoms with E-state index in [4.69, 9.17) is 11.6 Å². The van der Waals surface area contributed by atoms with E-state index < -0.39 is 0 Å². The minimum Gasteiger partial charge on any atom is -0.356 e. The minimum absolute atomic E-state index is 0.247. The number of nitrogens with zero attached hydrogens (tertiary/aromatic N) is 5. The number of aromatic nitrogens is 4. The first-order chi connectivity index (χ1) is 12.0. The average molecular weight is 360 g/mol. The molecular weight excluding hydrogens is 341 g/mol. The van der Waals surface area contributed by atoms with Crippen molar-refractivity contribution in [2.24, 2.45) is 5.92 Å². The molecule has 0 radical (unpaired) electrons. The molecule has 3 heterocycles. The van der Waals surface area contributed by atoms with Gasteiger partial charge in [0, 0.05) is 18.7 Å². The highest BCUT2D eigenvalue weighted by molar-refractivity contribution is 6.33. The van der Waals surface area contributed by atoms with Crippen molar-refractivity contribution in [3.63, 3.8) is 0 Å². The van der Waals surface area contributed by atoms with Crippen LogP contribution in [-0.2, 0) is 0 Å². The Kier molecular flexibility index (Phi) is 4.07. The van der Waals surface area contributed by atoms with Gasteiger partial charge in [-0.1, -0.05) is 30.7 Å². The summed E-state index contributed by atoms with van der Waals surface area (Å²) in [5, 5.41) is 4.55. The normalized spacial score (nSPS) is 15.9. The maximum Gasteiger partial charge on any atom is 0.255 e. The smallest absolute Gasteiger partial charge is 0.255 e. The van der Waals surface area contributed by atoms with Crippen LogP contribution in [0.5, 0.6) is 0 Å². The third kappa shape index (κ3) is 2.84. The number of aryl methyl sites for hydroxylation is 1. The van der Waals surface area contributed by atoms with Gasteiger partial charge in [-0.25, -0.2) is 4.39 Å². The SMILES string of the molecule is Cc1ccc(-c2c(Cl)nc3ncnn3c2N2CCC(C)CC2)c(F)c1. The Hall–Kier alpha value is -2.21. The van der Waals surface area contributed by atoms with E-state index >= 15 is 0 Å². The predicted octanol–water partition coefficient (Wildman–Crippen LogP) is 4.13. The van der Waals surface area contributed by atoms with E-state index in [9.17, 15) is 4.39 Å². The number of anilines is 1.